The molecule has 0 aromatic heterocycles. The number of aliphatic hydroxyl groups is 1. The Balaban J connectivity index is 2.20. The number of allylic oxidation sites excluding steroid dienone is 9. The van der Waals surface area contributed by atoms with E-state index in [-0.39, 0.29) is 0 Å². The molecular weight excluding hydrogens is 172 g/mol. The topological polar surface area (TPSA) is 20.2 Å². The van der Waals surface area contributed by atoms with Gasteiger partial charge in [0, 0.05) is 11.5 Å². The number of rotatable bonds is 0. The van der Waals surface area contributed by atoms with Gasteiger partial charge in [0.2, 0.25) is 0 Å². The molecule has 0 saturated heterocycles. The van der Waals surface area contributed by atoms with Crippen LogP contribution in [-0.2, 0) is 0 Å². The molecule has 0 heterocycles. The first-order valence-electron chi connectivity index (χ1n) is 5.04. The van der Waals surface area contributed by atoms with Crippen LogP contribution in [0.3, 0.4) is 0 Å². The maximum atomic E-state index is 9.75. The lowest BCUT2D eigenvalue weighted by Crippen LogP contribution is -2.19. The van der Waals surface area contributed by atoms with Crippen molar-refractivity contribution in [2.45, 2.75) is 12.8 Å². The molecule has 3 aliphatic rings. The van der Waals surface area contributed by atoms with Crippen LogP contribution >= 0.6 is 0 Å². The molecule has 1 atom stereocenters. The molecule has 1 unspecified atom stereocenters. The average Bonchev–Trinajstić information content (AvgIpc) is 2.24. The van der Waals surface area contributed by atoms with Crippen molar-refractivity contribution in [2.24, 2.45) is 5.92 Å². The largest absolute Gasteiger partial charge is 0.508 e. The van der Waals surface area contributed by atoms with E-state index in [9.17, 15) is 5.11 Å². The van der Waals surface area contributed by atoms with Crippen LogP contribution in [0.1, 0.15) is 12.8 Å². The van der Waals surface area contributed by atoms with Crippen molar-refractivity contribution >= 4 is 0 Å². The third-order valence-corrected chi connectivity index (χ3v) is 3.14. The van der Waals surface area contributed by atoms with E-state index in [1.165, 1.54) is 11.1 Å². The smallest absolute Gasteiger partial charge is 0.119 e. The van der Waals surface area contributed by atoms with E-state index < -0.39 is 0 Å². The molecule has 3 aliphatic carbocycles. The third-order valence-electron chi connectivity index (χ3n) is 3.14. The third kappa shape index (κ3) is 0.955. The van der Waals surface area contributed by atoms with Crippen LogP contribution in [0.25, 0.3) is 0 Å². The predicted molar refractivity (Wildman–Crippen MR) is 56.8 cm³/mol. The van der Waals surface area contributed by atoms with Gasteiger partial charge in [0.1, 0.15) is 5.76 Å². The van der Waals surface area contributed by atoms with Gasteiger partial charge in [-0.15, -0.1) is 0 Å². The highest BCUT2D eigenvalue weighted by Crippen LogP contribution is 2.42. The Hall–Kier alpha value is -1.50. The van der Waals surface area contributed by atoms with Crippen LogP contribution in [0.2, 0.25) is 0 Å². The van der Waals surface area contributed by atoms with Gasteiger partial charge in [-0.2, -0.15) is 0 Å². The molecule has 0 amide bonds. The van der Waals surface area contributed by atoms with Crippen molar-refractivity contribution in [1.82, 2.24) is 0 Å². The predicted octanol–water partition coefficient (Wildman–Crippen LogP) is 3.20. The summed E-state index contributed by atoms with van der Waals surface area (Å²) in [6.07, 6.45) is 14.6. The van der Waals surface area contributed by atoms with Crippen molar-refractivity contribution < 1.29 is 5.11 Å². The SMILES string of the molecule is OC1=CC=C2CCC=C3C=CC=C1C32. The van der Waals surface area contributed by atoms with E-state index in [0.717, 1.165) is 18.4 Å². The minimum Gasteiger partial charge on any atom is -0.508 e. The summed E-state index contributed by atoms with van der Waals surface area (Å²) in [5.41, 5.74) is 3.85. The average molecular weight is 184 g/mol. The Labute approximate surface area is 83.4 Å². The van der Waals surface area contributed by atoms with E-state index in [4.69, 9.17) is 0 Å². The molecule has 1 nitrogen and oxygen atoms in total. The summed E-state index contributed by atoms with van der Waals surface area (Å²) in [5.74, 6) is 0.773. The molecule has 0 aliphatic heterocycles. The Kier molecular flexibility index (Phi) is 1.54. The lowest BCUT2D eigenvalue weighted by atomic mass is 9.73. The normalized spacial score (nSPS) is 28.4. The fourth-order valence-electron chi connectivity index (χ4n) is 2.48. The fraction of sp³-hybridized carbons (Fsp3) is 0.231. The zero-order valence-corrected chi connectivity index (χ0v) is 7.90. The van der Waals surface area contributed by atoms with Crippen molar-refractivity contribution in [2.75, 3.05) is 0 Å². The zero-order chi connectivity index (χ0) is 9.54. The maximum Gasteiger partial charge on any atom is 0.119 e. The summed E-state index contributed by atoms with van der Waals surface area (Å²) in [6.45, 7) is 0. The summed E-state index contributed by atoms with van der Waals surface area (Å²) in [4.78, 5) is 0. The maximum absolute atomic E-state index is 9.75. The Morgan fingerprint density at radius 1 is 1.21 bits per heavy atom. The van der Waals surface area contributed by atoms with E-state index in [0.29, 0.717) is 11.7 Å². The molecule has 0 fully saturated rings. The fourth-order valence-corrected chi connectivity index (χ4v) is 2.48. The lowest BCUT2D eigenvalue weighted by Gasteiger charge is -2.32. The molecule has 0 saturated carbocycles. The first kappa shape index (κ1) is 7.86. The summed E-state index contributed by atoms with van der Waals surface area (Å²) in [6, 6.07) is 0. The molecule has 0 radical (unpaired) electrons. The van der Waals surface area contributed by atoms with Crippen LogP contribution in [0.5, 0.6) is 0 Å². The number of hydrogen-bond donors (Lipinski definition) is 1. The molecular formula is C13H12O. The van der Waals surface area contributed by atoms with Crippen LogP contribution < -0.4 is 0 Å². The zero-order valence-electron chi connectivity index (χ0n) is 7.90. The highest BCUT2D eigenvalue weighted by atomic mass is 16.3. The summed E-state index contributed by atoms with van der Waals surface area (Å²) in [5, 5.41) is 9.75. The summed E-state index contributed by atoms with van der Waals surface area (Å²) in [7, 11) is 0. The standard InChI is InChI=1S/C13H12O/c14-12-8-7-10-4-1-3-9-5-2-6-11(12)13(9)10/h2-3,5-8,13-14H,1,4H2. The highest BCUT2D eigenvalue weighted by molar-refractivity contribution is 5.55. The molecule has 0 bridgehead atoms. The van der Waals surface area contributed by atoms with Crippen molar-refractivity contribution in [1.29, 1.82) is 0 Å². The minimum atomic E-state index is 0.346. The minimum absolute atomic E-state index is 0.346. The molecule has 3 rings (SSSR count). The summed E-state index contributed by atoms with van der Waals surface area (Å²) >= 11 is 0. The second-order valence-electron chi connectivity index (χ2n) is 3.95. The first-order chi connectivity index (χ1) is 6.86. The van der Waals surface area contributed by atoms with Crippen molar-refractivity contribution in [3.8, 4) is 0 Å². The molecule has 0 aromatic rings. The van der Waals surface area contributed by atoms with Gasteiger partial charge in [-0.1, -0.05) is 36.0 Å². The van der Waals surface area contributed by atoms with E-state index >= 15 is 0 Å². The molecule has 1 N–H and O–H groups in total. The van der Waals surface area contributed by atoms with E-state index in [2.05, 4.69) is 18.2 Å². The quantitative estimate of drug-likeness (QED) is 0.613. The Bertz CT molecular complexity index is 430. The second kappa shape index (κ2) is 2.74. The monoisotopic (exact) mass is 184 g/mol. The first-order valence-corrected chi connectivity index (χ1v) is 5.04. The number of hydrogen-bond acceptors (Lipinski definition) is 1. The van der Waals surface area contributed by atoms with Gasteiger partial charge in [0.05, 0.1) is 0 Å². The Morgan fingerprint density at radius 3 is 3.07 bits per heavy atom. The van der Waals surface area contributed by atoms with Crippen LogP contribution in [0, 0.1) is 5.92 Å². The second-order valence-corrected chi connectivity index (χ2v) is 3.95. The highest BCUT2D eigenvalue weighted by Gasteiger charge is 2.29. The van der Waals surface area contributed by atoms with Crippen LogP contribution in [0.15, 0.2) is 58.9 Å². The molecule has 70 valence electrons. The lowest BCUT2D eigenvalue weighted by molar-refractivity contribution is 0.410. The molecule has 0 aromatic carbocycles. The Morgan fingerprint density at radius 2 is 2.14 bits per heavy atom. The van der Waals surface area contributed by atoms with Gasteiger partial charge in [0.25, 0.3) is 0 Å². The molecule has 14 heavy (non-hydrogen) atoms. The van der Waals surface area contributed by atoms with Gasteiger partial charge in [0.15, 0.2) is 0 Å². The summed E-state index contributed by atoms with van der Waals surface area (Å²) < 4.78 is 0. The van der Waals surface area contributed by atoms with Gasteiger partial charge in [-0.05, 0) is 24.5 Å². The molecule has 1 heteroatoms. The van der Waals surface area contributed by atoms with E-state index in [1.807, 2.05) is 18.2 Å². The van der Waals surface area contributed by atoms with Crippen LogP contribution in [-0.4, -0.2) is 5.11 Å². The van der Waals surface area contributed by atoms with Gasteiger partial charge < -0.3 is 5.11 Å². The van der Waals surface area contributed by atoms with Crippen LogP contribution in [0.4, 0.5) is 0 Å². The van der Waals surface area contributed by atoms with Gasteiger partial charge in [-0.3, -0.25) is 0 Å². The molecule has 0 spiro atoms. The van der Waals surface area contributed by atoms with Gasteiger partial charge in [-0.25, -0.2) is 0 Å². The van der Waals surface area contributed by atoms with Crippen molar-refractivity contribution in [3.05, 3.63) is 58.9 Å². The van der Waals surface area contributed by atoms with E-state index in [1.54, 1.807) is 0 Å². The van der Waals surface area contributed by atoms with Gasteiger partial charge >= 0.3 is 0 Å². The van der Waals surface area contributed by atoms with Crippen molar-refractivity contribution in [3.63, 3.8) is 0 Å². The number of aliphatic hydroxyl groups excluding tert-OH is 1.